The number of pyridine rings is 1. The largest absolute Gasteiger partial charge is 0.372 e. The van der Waals surface area contributed by atoms with Gasteiger partial charge in [-0.2, -0.15) is 5.10 Å². The van der Waals surface area contributed by atoms with Gasteiger partial charge in [-0.15, -0.1) is 0 Å². The van der Waals surface area contributed by atoms with E-state index in [9.17, 15) is 9.90 Å². The Morgan fingerprint density at radius 1 is 1.41 bits per heavy atom. The molecule has 0 aromatic carbocycles. The van der Waals surface area contributed by atoms with Gasteiger partial charge in [0.05, 0.1) is 10.7 Å². The Balaban J connectivity index is 1.96. The third kappa shape index (κ3) is 3.69. The van der Waals surface area contributed by atoms with Crippen LogP contribution in [-0.2, 0) is 5.60 Å². The van der Waals surface area contributed by atoms with Crippen LogP contribution in [0.5, 0.6) is 0 Å². The van der Waals surface area contributed by atoms with Gasteiger partial charge in [0.1, 0.15) is 11.5 Å². The summed E-state index contributed by atoms with van der Waals surface area (Å²) >= 11 is 6.10. The van der Waals surface area contributed by atoms with Crippen molar-refractivity contribution in [3.8, 4) is 17.7 Å². The van der Waals surface area contributed by atoms with Gasteiger partial charge in [0.25, 0.3) is 5.91 Å². The van der Waals surface area contributed by atoms with Gasteiger partial charge in [-0.05, 0) is 32.9 Å². The van der Waals surface area contributed by atoms with E-state index in [0.717, 1.165) is 0 Å². The molecule has 3 rings (SSSR count). The third-order valence-corrected chi connectivity index (χ3v) is 4.27. The molecule has 3 N–H and O–H groups in total. The summed E-state index contributed by atoms with van der Waals surface area (Å²) in [6, 6.07) is 4.95. The summed E-state index contributed by atoms with van der Waals surface area (Å²) in [7, 11) is 0. The maximum Gasteiger partial charge on any atom is 0.270 e. The monoisotopic (exact) mass is 385 g/mol. The van der Waals surface area contributed by atoms with Gasteiger partial charge < -0.3 is 15.4 Å². The Hall–Kier alpha value is -3.15. The number of carbonyl (C=O) groups excluding carboxylic acids is 1. The second-order valence-electron chi connectivity index (χ2n) is 6.07. The molecule has 0 fully saturated rings. The van der Waals surface area contributed by atoms with E-state index in [2.05, 4.69) is 27.1 Å². The number of nitrogens with two attached hydrogens (primary N) is 1. The molecule has 0 aliphatic rings. The number of nitrogens with zero attached hydrogens (tertiary/aromatic N) is 4. The van der Waals surface area contributed by atoms with Gasteiger partial charge in [-0.1, -0.05) is 28.6 Å². The molecule has 0 saturated carbocycles. The molecule has 0 bridgehead atoms. The van der Waals surface area contributed by atoms with E-state index in [1.54, 1.807) is 32.0 Å². The zero-order chi connectivity index (χ0) is 19.8. The Labute approximate surface area is 159 Å². The summed E-state index contributed by atoms with van der Waals surface area (Å²) in [5.74, 6) is 5.90. The summed E-state index contributed by atoms with van der Waals surface area (Å²) in [6.45, 7) is 4.95. The van der Waals surface area contributed by atoms with E-state index in [0.29, 0.717) is 28.5 Å². The maximum absolute atomic E-state index is 11.4. The highest BCUT2D eigenvalue weighted by Crippen LogP contribution is 2.23. The van der Waals surface area contributed by atoms with Crippen molar-refractivity contribution in [1.82, 2.24) is 19.9 Å². The van der Waals surface area contributed by atoms with E-state index >= 15 is 0 Å². The molecule has 8 nitrogen and oxygen atoms in total. The van der Waals surface area contributed by atoms with Gasteiger partial charge in [-0.25, -0.2) is 9.67 Å². The Morgan fingerprint density at radius 2 is 2.15 bits per heavy atom. The topological polar surface area (TPSA) is 120 Å². The minimum atomic E-state index is -1.48. The van der Waals surface area contributed by atoms with Gasteiger partial charge in [0.15, 0.2) is 17.1 Å². The van der Waals surface area contributed by atoms with E-state index in [-0.39, 0.29) is 10.7 Å². The van der Waals surface area contributed by atoms with Gasteiger partial charge in [0.2, 0.25) is 0 Å². The number of carbonyl (C=O) groups is 1. The normalized spacial score (nSPS) is 12.9. The van der Waals surface area contributed by atoms with Crippen molar-refractivity contribution < 1.29 is 14.4 Å². The standard InChI is InChI=1S/C18H16ClN5O3/c1-10-8-13(23-27-10)18(3,26)6-4-12-5-7-21-14(9-12)24-11(2)15(19)16(22-24)17(20)25/h5,7-9,26H,1-3H3,(H2,20,25)/t18-/m1/s1. The number of rotatable bonds is 3. The molecule has 1 atom stereocenters. The summed E-state index contributed by atoms with van der Waals surface area (Å²) in [5, 5.41) is 18.6. The summed E-state index contributed by atoms with van der Waals surface area (Å²) < 4.78 is 6.39. The van der Waals surface area contributed by atoms with Crippen molar-refractivity contribution in [2.75, 3.05) is 0 Å². The molecule has 1 amide bonds. The van der Waals surface area contributed by atoms with E-state index in [1.807, 2.05) is 0 Å². The number of halogens is 1. The minimum absolute atomic E-state index is 0.0308. The zero-order valence-electron chi connectivity index (χ0n) is 14.8. The van der Waals surface area contributed by atoms with Crippen LogP contribution in [-0.4, -0.2) is 30.9 Å². The molecule has 0 spiro atoms. The molecule has 0 aliphatic carbocycles. The average molecular weight is 386 g/mol. The van der Waals surface area contributed by atoms with Crippen molar-refractivity contribution in [3.05, 3.63) is 57.8 Å². The lowest BCUT2D eigenvalue weighted by Gasteiger charge is -2.11. The van der Waals surface area contributed by atoms with E-state index in [1.165, 1.54) is 17.8 Å². The first-order valence-electron chi connectivity index (χ1n) is 7.90. The van der Waals surface area contributed by atoms with Gasteiger partial charge >= 0.3 is 0 Å². The number of aromatic nitrogens is 4. The maximum atomic E-state index is 11.4. The summed E-state index contributed by atoms with van der Waals surface area (Å²) in [5.41, 5.74) is 5.18. The average Bonchev–Trinajstić information content (AvgIpc) is 3.19. The van der Waals surface area contributed by atoms with Crippen molar-refractivity contribution in [1.29, 1.82) is 0 Å². The van der Waals surface area contributed by atoms with Crippen LogP contribution >= 0.6 is 11.6 Å². The lowest BCUT2D eigenvalue weighted by Crippen LogP contribution is -2.18. The Bertz CT molecular complexity index is 1090. The summed E-state index contributed by atoms with van der Waals surface area (Å²) in [4.78, 5) is 15.6. The van der Waals surface area contributed by atoms with Crippen LogP contribution in [0.15, 0.2) is 28.9 Å². The Morgan fingerprint density at radius 3 is 2.74 bits per heavy atom. The molecule has 0 saturated heterocycles. The molecule has 3 aromatic rings. The lowest BCUT2D eigenvalue weighted by molar-refractivity contribution is 0.0995. The smallest absolute Gasteiger partial charge is 0.270 e. The molecule has 138 valence electrons. The Kier molecular flexibility index (Phi) is 4.74. The summed E-state index contributed by atoms with van der Waals surface area (Å²) in [6.07, 6.45) is 1.53. The number of aliphatic hydroxyl groups is 1. The van der Waals surface area contributed by atoms with Crippen LogP contribution in [0.4, 0.5) is 0 Å². The molecule has 0 aliphatic heterocycles. The zero-order valence-corrected chi connectivity index (χ0v) is 15.6. The second kappa shape index (κ2) is 6.87. The second-order valence-corrected chi connectivity index (χ2v) is 6.45. The first-order chi connectivity index (χ1) is 12.7. The van der Waals surface area contributed by atoms with E-state index < -0.39 is 11.5 Å². The number of primary amides is 1. The first-order valence-corrected chi connectivity index (χ1v) is 8.27. The molecule has 0 unspecified atom stereocenters. The molecular weight excluding hydrogens is 370 g/mol. The molecule has 27 heavy (non-hydrogen) atoms. The van der Waals surface area contributed by atoms with Crippen LogP contribution in [0.2, 0.25) is 5.02 Å². The number of aryl methyl sites for hydroxylation is 1. The molecule has 0 radical (unpaired) electrons. The molecule has 9 heteroatoms. The van der Waals surface area contributed by atoms with Gasteiger partial charge in [0, 0.05) is 17.8 Å². The van der Waals surface area contributed by atoms with Crippen molar-refractivity contribution in [2.45, 2.75) is 26.4 Å². The molecule has 3 aromatic heterocycles. The molecular formula is C18H16ClN5O3. The third-order valence-electron chi connectivity index (χ3n) is 3.82. The fourth-order valence-corrected chi connectivity index (χ4v) is 2.54. The highest BCUT2D eigenvalue weighted by molar-refractivity contribution is 6.34. The first kappa shape index (κ1) is 18.6. The van der Waals surface area contributed by atoms with Crippen molar-refractivity contribution in [2.24, 2.45) is 5.73 Å². The lowest BCUT2D eigenvalue weighted by atomic mass is 10.0. The van der Waals surface area contributed by atoms with Crippen molar-refractivity contribution >= 4 is 17.5 Å². The number of hydrogen-bond donors (Lipinski definition) is 2. The fraction of sp³-hybridized carbons (Fsp3) is 0.222. The van der Waals surface area contributed by atoms with Crippen LogP contribution in [0.3, 0.4) is 0 Å². The highest BCUT2D eigenvalue weighted by Gasteiger charge is 2.24. The fourth-order valence-electron chi connectivity index (χ4n) is 2.33. The van der Waals surface area contributed by atoms with Crippen LogP contribution in [0.1, 0.15) is 40.1 Å². The number of amides is 1. The highest BCUT2D eigenvalue weighted by atomic mass is 35.5. The van der Waals surface area contributed by atoms with Crippen LogP contribution in [0.25, 0.3) is 5.82 Å². The molecule has 3 heterocycles. The predicted octanol–water partition coefficient (Wildman–Crippen LogP) is 1.88. The van der Waals surface area contributed by atoms with Crippen molar-refractivity contribution in [3.63, 3.8) is 0 Å². The van der Waals surface area contributed by atoms with E-state index in [4.69, 9.17) is 21.9 Å². The van der Waals surface area contributed by atoms with Crippen LogP contribution in [0, 0.1) is 25.7 Å². The number of hydrogen-bond acceptors (Lipinski definition) is 6. The quantitative estimate of drug-likeness (QED) is 0.664. The van der Waals surface area contributed by atoms with Crippen LogP contribution < -0.4 is 5.73 Å². The van der Waals surface area contributed by atoms with Gasteiger partial charge in [-0.3, -0.25) is 4.79 Å². The minimum Gasteiger partial charge on any atom is -0.372 e. The predicted molar refractivity (Wildman–Crippen MR) is 97.3 cm³/mol. The SMILES string of the molecule is Cc1cc([C@](C)(O)C#Cc2ccnc(-n3nc(C(N)=O)c(Cl)c3C)c2)no1.